The molecule has 0 bridgehead atoms. The summed E-state index contributed by atoms with van der Waals surface area (Å²) in [4.78, 5) is 0. The lowest BCUT2D eigenvalue weighted by Crippen LogP contribution is -2.28. The van der Waals surface area contributed by atoms with E-state index in [-0.39, 0.29) is 6.10 Å². The highest BCUT2D eigenvalue weighted by molar-refractivity contribution is 4.78. The fourth-order valence-electron chi connectivity index (χ4n) is 2.82. The summed E-state index contributed by atoms with van der Waals surface area (Å²) in [5, 5.41) is 10.2. The summed E-state index contributed by atoms with van der Waals surface area (Å²) >= 11 is 0. The van der Waals surface area contributed by atoms with Crippen molar-refractivity contribution in [1.29, 1.82) is 0 Å². The smallest absolute Gasteiger partial charge is 0.0571 e. The van der Waals surface area contributed by atoms with Crippen molar-refractivity contribution < 1.29 is 5.11 Å². The van der Waals surface area contributed by atoms with E-state index in [1.807, 2.05) is 0 Å². The Labute approximate surface area is 95.3 Å². The zero-order valence-corrected chi connectivity index (χ0v) is 10.7. The number of aliphatic hydroxyl groups excluding tert-OH is 1. The summed E-state index contributed by atoms with van der Waals surface area (Å²) in [7, 11) is 0. The fourth-order valence-corrected chi connectivity index (χ4v) is 2.82. The average molecular weight is 212 g/mol. The van der Waals surface area contributed by atoms with Gasteiger partial charge in [-0.25, -0.2) is 0 Å². The molecule has 1 aliphatic carbocycles. The maximum atomic E-state index is 10.2. The van der Waals surface area contributed by atoms with Crippen LogP contribution < -0.4 is 0 Å². The normalized spacial score (nSPS) is 31.2. The highest BCUT2D eigenvalue weighted by Gasteiger charge is 2.26. The van der Waals surface area contributed by atoms with E-state index in [0.717, 1.165) is 12.3 Å². The molecule has 4 atom stereocenters. The minimum atomic E-state index is -0.0331. The van der Waals surface area contributed by atoms with Gasteiger partial charge in [-0.2, -0.15) is 0 Å². The van der Waals surface area contributed by atoms with Gasteiger partial charge < -0.3 is 5.11 Å². The van der Waals surface area contributed by atoms with Crippen LogP contribution in [0.4, 0.5) is 0 Å². The SMILES string of the molecule is CCC(C)CC(O)C1CCCC(CC)C1. The molecule has 0 saturated heterocycles. The lowest BCUT2D eigenvalue weighted by molar-refractivity contribution is 0.0499. The molecule has 0 aliphatic heterocycles. The van der Waals surface area contributed by atoms with Gasteiger partial charge in [-0.15, -0.1) is 0 Å². The summed E-state index contributed by atoms with van der Waals surface area (Å²) in [5.74, 6) is 2.16. The molecule has 1 fully saturated rings. The number of hydrogen-bond donors (Lipinski definition) is 1. The van der Waals surface area contributed by atoms with Crippen LogP contribution in [0.2, 0.25) is 0 Å². The molecule has 0 spiro atoms. The van der Waals surface area contributed by atoms with Gasteiger partial charge >= 0.3 is 0 Å². The summed E-state index contributed by atoms with van der Waals surface area (Å²) in [6.07, 6.45) is 8.73. The Morgan fingerprint density at radius 1 is 1.27 bits per heavy atom. The Morgan fingerprint density at radius 3 is 2.60 bits per heavy atom. The lowest BCUT2D eigenvalue weighted by atomic mass is 9.76. The van der Waals surface area contributed by atoms with Crippen LogP contribution in [0.5, 0.6) is 0 Å². The van der Waals surface area contributed by atoms with Gasteiger partial charge in [-0.3, -0.25) is 0 Å². The molecule has 0 aromatic carbocycles. The Bertz CT molecular complexity index is 167. The van der Waals surface area contributed by atoms with Crippen molar-refractivity contribution in [2.24, 2.45) is 17.8 Å². The van der Waals surface area contributed by atoms with E-state index < -0.39 is 0 Å². The first kappa shape index (κ1) is 13.0. The topological polar surface area (TPSA) is 20.2 Å². The Morgan fingerprint density at radius 2 is 2.00 bits per heavy atom. The van der Waals surface area contributed by atoms with Crippen molar-refractivity contribution >= 4 is 0 Å². The van der Waals surface area contributed by atoms with Gasteiger partial charge in [0.05, 0.1) is 6.10 Å². The number of hydrogen-bond acceptors (Lipinski definition) is 1. The molecule has 90 valence electrons. The molecule has 15 heavy (non-hydrogen) atoms. The van der Waals surface area contributed by atoms with Gasteiger partial charge in [-0.1, -0.05) is 46.5 Å². The minimum absolute atomic E-state index is 0.0331. The van der Waals surface area contributed by atoms with Gasteiger partial charge in [-0.05, 0) is 37.0 Å². The Balaban J connectivity index is 2.34. The van der Waals surface area contributed by atoms with Gasteiger partial charge in [0.15, 0.2) is 0 Å². The Kier molecular flexibility index (Phi) is 5.66. The predicted octanol–water partition coefficient (Wildman–Crippen LogP) is 4.00. The minimum Gasteiger partial charge on any atom is -0.393 e. The maximum absolute atomic E-state index is 10.2. The zero-order chi connectivity index (χ0) is 11.3. The van der Waals surface area contributed by atoms with Crippen molar-refractivity contribution in [3.63, 3.8) is 0 Å². The third-order valence-corrected chi connectivity index (χ3v) is 4.29. The summed E-state index contributed by atoms with van der Waals surface area (Å²) in [6.45, 7) is 6.75. The second-order valence-corrected chi connectivity index (χ2v) is 5.52. The molecule has 0 amide bonds. The van der Waals surface area contributed by atoms with Gasteiger partial charge in [0.2, 0.25) is 0 Å². The molecular weight excluding hydrogens is 184 g/mol. The van der Waals surface area contributed by atoms with E-state index in [2.05, 4.69) is 20.8 Å². The highest BCUT2D eigenvalue weighted by Crippen LogP contribution is 2.34. The van der Waals surface area contributed by atoms with E-state index in [9.17, 15) is 5.11 Å². The quantitative estimate of drug-likeness (QED) is 0.730. The van der Waals surface area contributed by atoms with Crippen LogP contribution in [0, 0.1) is 17.8 Å². The van der Waals surface area contributed by atoms with E-state index in [1.165, 1.54) is 38.5 Å². The van der Waals surface area contributed by atoms with Crippen LogP contribution in [-0.4, -0.2) is 11.2 Å². The molecule has 0 heterocycles. The molecule has 1 heteroatoms. The van der Waals surface area contributed by atoms with Crippen LogP contribution in [0.3, 0.4) is 0 Å². The van der Waals surface area contributed by atoms with Crippen molar-refractivity contribution in [2.75, 3.05) is 0 Å². The first-order valence-corrected chi connectivity index (χ1v) is 6.85. The first-order chi connectivity index (χ1) is 7.17. The predicted molar refractivity (Wildman–Crippen MR) is 65.8 cm³/mol. The van der Waals surface area contributed by atoms with E-state index in [4.69, 9.17) is 0 Å². The molecule has 4 unspecified atom stereocenters. The van der Waals surface area contributed by atoms with Crippen molar-refractivity contribution in [3.8, 4) is 0 Å². The standard InChI is InChI=1S/C14H28O/c1-4-11(3)9-14(15)13-8-6-7-12(5-2)10-13/h11-15H,4-10H2,1-3H3. The fraction of sp³-hybridized carbons (Fsp3) is 1.00. The number of aliphatic hydroxyl groups is 1. The monoisotopic (exact) mass is 212 g/mol. The summed E-state index contributed by atoms with van der Waals surface area (Å²) in [5.41, 5.74) is 0. The molecule has 0 radical (unpaired) electrons. The Hall–Kier alpha value is -0.0400. The molecule has 0 aromatic heterocycles. The zero-order valence-electron chi connectivity index (χ0n) is 10.7. The molecular formula is C14H28O. The third kappa shape index (κ3) is 4.14. The van der Waals surface area contributed by atoms with Crippen molar-refractivity contribution in [2.45, 2.75) is 71.8 Å². The van der Waals surface area contributed by atoms with Crippen LogP contribution >= 0.6 is 0 Å². The lowest BCUT2D eigenvalue weighted by Gasteiger charge is -2.32. The summed E-state index contributed by atoms with van der Waals surface area (Å²) in [6, 6.07) is 0. The maximum Gasteiger partial charge on any atom is 0.0571 e. The second kappa shape index (κ2) is 6.52. The highest BCUT2D eigenvalue weighted by atomic mass is 16.3. The molecule has 1 nitrogen and oxygen atoms in total. The van der Waals surface area contributed by atoms with E-state index in [1.54, 1.807) is 0 Å². The van der Waals surface area contributed by atoms with Crippen LogP contribution in [0.25, 0.3) is 0 Å². The van der Waals surface area contributed by atoms with Crippen LogP contribution in [-0.2, 0) is 0 Å². The molecule has 1 saturated carbocycles. The molecule has 1 aliphatic rings. The largest absolute Gasteiger partial charge is 0.393 e. The molecule has 1 rings (SSSR count). The summed E-state index contributed by atoms with van der Waals surface area (Å²) < 4.78 is 0. The molecule has 1 N–H and O–H groups in total. The van der Waals surface area contributed by atoms with Gasteiger partial charge in [0.1, 0.15) is 0 Å². The van der Waals surface area contributed by atoms with E-state index >= 15 is 0 Å². The van der Waals surface area contributed by atoms with E-state index in [0.29, 0.717) is 11.8 Å². The third-order valence-electron chi connectivity index (χ3n) is 4.29. The number of rotatable bonds is 5. The second-order valence-electron chi connectivity index (χ2n) is 5.52. The van der Waals surface area contributed by atoms with Gasteiger partial charge in [0.25, 0.3) is 0 Å². The van der Waals surface area contributed by atoms with Crippen LogP contribution in [0.15, 0.2) is 0 Å². The molecule has 0 aromatic rings. The van der Waals surface area contributed by atoms with Gasteiger partial charge in [0, 0.05) is 0 Å². The first-order valence-electron chi connectivity index (χ1n) is 6.85. The van der Waals surface area contributed by atoms with Crippen molar-refractivity contribution in [1.82, 2.24) is 0 Å². The average Bonchev–Trinajstić information content (AvgIpc) is 2.28. The van der Waals surface area contributed by atoms with Crippen molar-refractivity contribution in [3.05, 3.63) is 0 Å². The van der Waals surface area contributed by atoms with Crippen LogP contribution in [0.1, 0.15) is 65.7 Å².